The average molecular weight is 293 g/mol. The van der Waals surface area contributed by atoms with Crippen molar-refractivity contribution in [2.75, 3.05) is 0 Å². The summed E-state index contributed by atoms with van der Waals surface area (Å²) in [5.74, 6) is 0. The van der Waals surface area contributed by atoms with Gasteiger partial charge in [0.05, 0.1) is 11.1 Å². The molecule has 1 rings (SSSR count). The number of hydrogen-bond donors (Lipinski definition) is 0. The van der Waals surface area contributed by atoms with Crippen molar-refractivity contribution in [3.63, 3.8) is 0 Å². The molecule has 0 spiro atoms. The molecule has 0 aliphatic carbocycles. The minimum absolute atomic E-state index is 0.396. The molecular weight excluding hydrogens is 290 g/mol. The van der Waals surface area contributed by atoms with Crippen molar-refractivity contribution >= 4 is 15.9 Å². The molecule has 0 aromatic heterocycles. The highest BCUT2D eigenvalue weighted by molar-refractivity contribution is 9.10. The maximum atomic E-state index is 12.3. The van der Waals surface area contributed by atoms with Crippen LogP contribution in [0.25, 0.3) is 0 Å². The van der Waals surface area contributed by atoms with E-state index in [0.717, 1.165) is 12.1 Å². The Hall–Kier alpha value is -0.720. The van der Waals surface area contributed by atoms with E-state index in [0.29, 0.717) is 6.07 Å². The first-order chi connectivity index (χ1) is 6.64. The van der Waals surface area contributed by atoms with Gasteiger partial charge in [0.15, 0.2) is 0 Å². The molecule has 0 radical (unpaired) electrons. The van der Waals surface area contributed by atoms with Gasteiger partial charge in [-0.1, -0.05) is 22.0 Å². The van der Waals surface area contributed by atoms with Gasteiger partial charge in [0.25, 0.3) is 0 Å². The van der Waals surface area contributed by atoms with Crippen LogP contribution in [0.2, 0.25) is 0 Å². The van der Waals surface area contributed by atoms with Crippen molar-refractivity contribution in [3.8, 4) is 0 Å². The summed E-state index contributed by atoms with van der Waals surface area (Å²) in [4.78, 5) is 0. The first-order valence-corrected chi connectivity index (χ1v) is 4.36. The highest BCUT2D eigenvalue weighted by Crippen LogP contribution is 2.43. The lowest BCUT2D eigenvalue weighted by Crippen LogP contribution is -2.16. The van der Waals surface area contributed by atoms with Crippen molar-refractivity contribution < 1.29 is 26.3 Å². The van der Waals surface area contributed by atoms with Gasteiger partial charge in [-0.3, -0.25) is 0 Å². The molecule has 0 saturated heterocycles. The average Bonchev–Trinajstić information content (AvgIpc) is 1.99. The molecule has 0 fully saturated rings. The van der Waals surface area contributed by atoms with E-state index in [2.05, 4.69) is 15.9 Å². The van der Waals surface area contributed by atoms with E-state index in [1.54, 1.807) is 0 Å². The topological polar surface area (TPSA) is 0 Å². The third-order valence-electron chi connectivity index (χ3n) is 1.60. The Labute approximate surface area is 89.0 Å². The smallest absolute Gasteiger partial charge is 0.166 e. The van der Waals surface area contributed by atoms with Gasteiger partial charge < -0.3 is 0 Å². The van der Waals surface area contributed by atoms with Crippen LogP contribution in [0, 0.1) is 0 Å². The normalized spacial score (nSPS) is 13.0. The summed E-state index contributed by atoms with van der Waals surface area (Å²) < 4.78 is 73.0. The number of benzene rings is 1. The predicted octanol–water partition coefficient (Wildman–Crippen LogP) is 4.49. The van der Waals surface area contributed by atoms with Crippen molar-refractivity contribution in [2.45, 2.75) is 12.4 Å². The monoisotopic (exact) mass is 292 g/mol. The van der Waals surface area contributed by atoms with Crippen LogP contribution >= 0.6 is 15.9 Å². The molecular formula is C8H3BrF6. The zero-order valence-electron chi connectivity index (χ0n) is 6.88. The van der Waals surface area contributed by atoms with Gasteiger partial charge in [-0.25, -0.2) is 0 Å². The Morgan fingerprint density at radius 2 is 1.40 bits per heavy atom. The second-order valence-electron chi connectivity index (χ2n) is 2.66. The van der Waals surface area contributed by atoms with E-state index in [1.165, 1.54) is 0 Å². The van der Waals surface area contributed by atoms with Crippen LogP contribution in [0.5, 0.6) is 0 Å². The summed E-state index contributed by atoms with van der Waals surface area (Å²) in [5, 5.41) is 0. The summed E-state index contributed by atoms with van der Waals surface area (Å²) in [6, 6.07) is 2.22. The molecule has 15 heavy (non-hydrogen) atoms. The van der Waals surface area contributed by atoms with E-state index >= 15 is 0 Å². The summed E-state index contributed by atoms with van der Waals surface area (Å²) >= 11 is 2.46. The zero-order valence-corrected chi connectivity index (χ0v) is 8.46. The fraction of sp³-hybridized carbons (Fsp3) is 0.250. The summed E-state index contributed by atoms with van der Waals surface area (Å²) in [7, 11) is 0. The van der Waals surface area contributed by atoms with E-state index in [1.807, 2.05) is 0 Å². The van der Waals surface area contributed by atoms with Gasteiger partial charge in [0.1, 0.15) is 0 Å². The van der Waals surface area contributed by atoms with Gasteiger partial charge in [0, 0.05) is 4.47 Å². The van der Waals surface area contributed by atoms with Crippen LogP contribution in [-0.2, 0) is 12.4 Å². The van der Waals surface area contributed by atoms with Crippen molar-refractivity contribution in [3.05, 3.63) is 33.8 Å². The molecule has 0 saturated carbocycles. The molecule has 84 valence electrons. The van der Waals surface area contributed by atoms with Crippen LogP contribution in [0.1, 0.15) is 11.1 Å². The summed E-state index contributed by atoms with van der Waals surface area (Å²) in [5.41, 5.74) is -3.39. The lowest BCUT2D eigenvalue weighted by atomic mass is 10.1. The van der Waals surface area contributed by atoms with E-state index < -0.39 is 28.0 Å². The van der Waals surface area contributed by atoms with E-state index in [4.69, 9.17) is 0 Å². The molecule has 0 unspecified atom stereocenters. The summed E-state index contributed by atoms with van der Waals surface area (Å²) in [6.07, 6.45) is -10.1. The third-order valence-corrected chi connectivity index (χ3v) is 2.26. The minimum Gasteiger partial charge on any atom is -0.166 e. The number of rotatable bonds is 0. The molecule has 0 aliphatic rings. The first-order valence-electron chi connectivity index (χ1n) is 3.57. The SMILES string of the molecule is FC(F)(F)c1cccc(Br)c1C(F)(F)F. The largest absolute Gasteiger partial charge is 0.418 e. The molecule has 0 nitrogen and oxygen atoms in total. The molecule has 1 aromatic carbocycles. The Kier molecular flexibility index (Phi) is 3.04. The van der Waals surface area contributed by atoms with Crippen molar-refractivity contribution in [2.24, 2.45) is 0 Å². The first kappa shape index (κ1) is 12.4. The second-order valence-corrected chi connectivity index (χ2v) is 3.51. The molecule has 0 heterocycles. The lowest BCUT2D eigenvalue weighted by Gasteiger charge is -2.16. The Morgan fingerprint density at radius 3 is 1.73 bits per heavy atom. The number of alkyl halides is 6. The zero-order chi connectivity index (χ0) is 11.9. The molecule has 1 aromatic rings. The van der Waals surface area contributed by atoms with Crippen LogP contribution in [-0.4, -0.2) is 0 Å². The van der Waals surface area contributed by atoms with Crippen molar-refractivity contribution in [1.29, 1.82) is 0 Å². The summed E-state index contributed by atoms with van der Waals surface area (Å²) in [6.45, 7) is 0. The van der Waals surface area contributed by atoms with Crippen LogP contribution in [0.3, 0.4) is 0 Å². The maximum Gasteiger partial charge on any atom is 0.418 e. The molecule has 0 atom stereocenters. The highest BCUT2D eigenvalue weighted by atomic mass is 79.9. The van der Waals surface area contributed by atoms with Gasteiger partial charge in [-0.2, -0.15) is 26.3 Å². The van der Waals surface area contributed by atoms with Crippen LogP contribution < -0.4 is 0 Å². The maximum absolute atomic E-state index is 12.3. The fourth-order valence-electron chi connectivity index (χ4n) is 1.05. The molecule has 0 amide bonds. The van der Waals surface area contributed by atoms with Crippen LogP contribution in [0.15, 0.2) is 22.7 Å². The predicted molar refractivity (Wildman–Crippen MR) is 44.1 cm³/mol. The second kappa shape index (κ2) is 3.70. The van der Waals surface area contributed by atoms with E-state index in [9.17, 15) is 26.3 Å². The van der Waals surface area contributed by atoms with Gasteiger partial charge in [0.2, 0.25) is 0 Å². The Bertz CT molecular complexity index is 364. The fourth-order valence-corrected chi connectivity index (χ4v) is 1.64. The quantitative estimate of drug-likeness (QED) is 0.618. The molecule has 0 N–H and O–H groups in total. The van der Waals surface area contributed by atoms with Crippen molar-refractivity contribution in [1.82, 2.24) is 0 Å². The van der Waals surface area contributed by atoms with Gasteiger partial charge >= 0.3 is 12.4 Å². The van der Waals surface area contributed by atoms with Gasteiger partial charge in [-0.05, 0) is 12.1 Å². The minimum atomic E-state index is -5.04. The Balaban J connectivity index is 3.48. The number of hydrogen-bond acceptors (Lipinski definition) is 0. The van der Waals surface area contributed by atoms with Crippen LogP contribution in [0.4, 0.5) is 26.3 Å². The Morgan fingerprint density at radius 1 is 0.867 bits per heavy atom. The third kappa shape index (κ3) is 2.64. The molecule has 0 bridgehead atoms. The lowest BCUT2D eigenvalue weighted by molar-refractivity contribution is -0.162. The highest BCUT2D eigenvalue weighted by Gasteiger charge is 2.44. The molecule has 0 aliphatic heterocycles. The molecule has 7 heteroatoms. The van der Waals surface area contributed by atoms with E-state index in [-0.39, 0.29) is 0 Å². The van der Waals surface area contributed by atoms with Gasteiger partial charge in [-0.15, -0.1) is 0 Å². The number of halogens is 7. The standard InChI is InChI=1S/C8H3BrF6/c9-5-3-1-2-4(7(10,11)12)6(5)8(13,14)15/h1-3H.